The third-order valence-electron chi connectivity index (χ3n) is 2.90. The molecule has 0 heterocycles. The van der Waals surface area contributed by atoms with Gasteiger partial charge in [0.1, 0.15) is 16.5 Å². The minimum absolute atomic E-state index is 0.0574. The SMILES string of the molecule is Cc1ccc(OCC(=O)NNS(=O)(=O)c2ccc(Cl)cc2F)cc1. The molecule has 0 aromatic heterocycles. The Morgan fingerprint density at radius 1 is 1.21 bits per heavy atom. The van der Waals surface area contributed by atoms with Gasteiger partial charge >= 0.3 is 0 Å². The molecular weight excluding hydrogens is 359 g/mol. The van der Waals surface area contributed by atoms with Gasteiger partial charge in [-0.15, -0.1) is 4.83 Å². The van der Waals surface area contributed by atoms with Gasteiger partial charge in [0.25, 0.3) is 15.9 Å². The lowest BCUT2D eigenvalue weighted by Gasteiger charge is -2.10. The Kier molecular flexibility index (Phi) is 5.76. The first-order valence-electron chi connectivity index (χ1n) is 6.73. The summed E-state index contributed by atoms with van der Waals surface area (Å²) in [5.41, 5.74) is 2.98. The second-order valence-corrected chi connectivity index (χ2v) is 6.92. The minimum Gasteiger partial charge on any atom is -0.484 e. The Labute approximate surface area is 143 Å². The molecule has 0 bridgehead atoms. The van der Waals surface area contributed by atoms with Crippen molar-refractivity contribution in [3.8, 4) is 5.75 Å². The molecule has 9 heteroatoms. The smallest absolute Gasteiger partial charge is 0.272 e. The molecule has 0 unspecified atom stereocenters. The molecule has 0 aliphatic rings. The highest BCUT2D eigenvalue weighted by Crippen LogP contribution is 2.18. The number of hydrogen-bond donors (Lipinski definition) is 2. The summed E-state index contributed by atoms with van der Waals surface area (Å²) in [7, 11) is -4.26. The van der Waals surface area contributed by atoms with E-state index in [1.165, 1.54) is 6.07 Å². The van der Waals surface area contributed by atoms with E-state index in [4.69, 9.17) is 16.3 Å². The maximum atomic E-state index is 13.6. The number of carbonyl (C=O) groups is 1. The number of benzene rings is 2. The highest BCUT2D eigenvalue weighted by atomic mass is 35.5. The molecule has 0 saturated carbocycles. The number of halogens is 2. The number of rotatable bonds is 6. The third-order valence-corrected chi connectivity index (χ3v) is 4.42. The van der Waals surface area contributed by atoms with Crippen LogP contribution in [0.3, 0.4) is 0 Å². The topological polar surface area (TPSA) is 84.5 Å². The van der Waals surface area contributed by atoms with Crippen molar-refractivity contribution in [2.45, 2.75) is 11.8 Å². The molecule has 2 N–H and O–H groups in total. The van der Waals surface area contributed by atoms with Crippen LogP contribution in [0.4, 0.5) is 4.39 Å². The van der Waals surface area contributed by atoms with Crippen LogP contribution in [0.25, 0.3) is 0 Å². The van der Waals surface area contributed by atoms with E-state index < -0.39 is 33.3 Å². The van der Waals surface area contributed by atoms with Gasteiger partial charge in [0.15, 0.2) is 6.61 Å². The van der Waals surface area contributed by atoms with Crippen LogP contribution in [-0.2, 0) is 14.8 Å². The summed E-state index contributed by atoms with van der Waals surface area (Å²) in [5, 5.41) is 0.0574. The largest absolute Gasteiger partial charge is 0.484 e. The molecule has 0 radical (unpaired) electrons. The van der Waals surface area contributed by atoms with E-state index in [0.717, 1.165) is 17.7 Å². The molecule has 2 rings (SSSR count). The van der Waals surface area contributed by atoms with Crippen molar-refractivity contribution in [3.05, 3.63) is 58.9 Å². The fourth-order valence-electron chi connectivity index (χ4n) is 1.69. The molecule has 24 heavy (non-hydrogen) atoms. The third kappa shape index (κ3) is 4.92. The Morgan fingerprint density at radius 2 is 1.88 bits per heavy atom. The fraction of sp³-hybridized carbons (Fsp3) is 0.133. The summed E-state index contributed by atoms with van der Waals surface area (Å²) < 4.78 is 42.7. The van der Waals surface area contributed by atoms with E-state index in [-0.39, 0.29) is 5.02 Å². The Balaban J connectivity index is 1.91. The van der Waals surface area contributed by atoms with Crippen LogP contribution in [0.1, 0.15) is 5.56 Å². The van der Waals surface area contributed by atoms with Crippen LogP contribution >= 0.6 is 11.6 Å². The molecule has 128 valence electrons. The highest BCUT2D eigenvalue weighted by Gasteiger charge is 2.20. The van der Waals surface area contributed by atoms with Crippen LogP contribution in [0.15, 0.2) is 47.4 Å². The number of hydrogen-bond acceptors (Lipinski definition) is 4. The summed E-state index contributed by atoms with van der Waals surface area (Å²) in [5.74, 6) is -1.31. The second-order valence-electron chi connectivity index (χ2n) is 4.83. The molecule has 1 amide bonds. The van der Waals surface area contributed by atoms with E-state index in [1.807, 2.05) is 12.3 Å². The lowest BCUT2D eigenvalue weighted by molar-refractivity contribution is -0.123. The number of hydrazine groups is 1. The zero-order chi connectivity index (χ0) is 17.7. The molecule has 0 saturated heterocycles. The average molecular weight is 373 g/mol. The van der Waals surface area contributed by atoms with Gasteiger partial charge in [-0.2, -0.15) is 0 Å². The van der Waals surface area contributed by atoms with Crippen LogP contribution in [0, 0.1) is 12.7 Å². The molecule has 6 nitrogen and oxygen atoms in total. The lowest BCUT2D eigenvalue weighted by Crippen LogP contribution is -2.43. The van der Waals surface area contributed by atoms with Crippen molar-refractivity contribution >= 4 is 27.5 Å². The van der Waals surface area contributed by atoms with Crippen LogP contribution in [0.2, 0.25) is 5.02 Å². The summed E-state index contributed by atoms with van der Waals surface area (Å²) in [6.07, 6.45) is 0. The molecular formula is C15H14ClFN2O4S. The van der Waals surface area contributed by atoms with Gasteiger partial charge in [-0.25, -0.2) is 12.8 Å². The zero-order valence-corrected chi connectivity index (χ0v) is 14.1. The van der Waals surface area contributed by atoms with E-state index >= 15 is 0 Å². The monoisotopic (exact) mass is 372 g/mol. The van der Waals surface area contributed by atoms with Gasteiger partial charge in [0, 0.05) is 5.02 Å². The molecule has 0 fully saturated rings. The predicted molar refractivity (Wildman–Crippen MR) is 86.5 cm³/mol. The minimum atomic E-state index is -4.26. The molecule has 0 aliphatic heterocycles. The Bertz CT molecular complexity index is 841. The van der Waals surface area contributed by atoms with E-state index in [1.54, 1.807) is 29.1 Å². The first-order valence-corrected chi connectivity index (χ1v) is 8.59. The maximum absolute atomic E-state index is 13.6. The normalized spacial score (nSPS) is 11.1. The van der Waals surface area contributed by atoms with Gasteiger partial charge in [-0.3, -0.25) is 10.2 Å². The Hall–Kier alpha value is -2.16. The summed E-state index contributed by atoms with van der Waals surface area (Å²) >= 11 is 5.56. The van der Waals surface area contributed by atoms with Crippen molar-refractivity contribution in [1.29, 1.82) is 0 Å². The average Bonchev–Trinajstić information content (AvgIpc) is 2.52. The van der Waals surface area contributed by atoms with Crippen molar-refractivity contribution in [1.82, 2.24) is 10.3 Å². The quantitative estimate of drug-likeness (QED) is 0.761. The fourth-order valence-corrected chi connectivity index (χ4v) is 2.77. The molecule has 2 aromatic carbocycles. The standard InChI is InChI=1S/C15H14ClFN2O4S/c1-10-2-5-12(6-3-10)23-9-15(20)18-19-24(21,22)14-7-4-11(16)8-13(14)17/h2-8,19H,9H2,1H3,(H,18,20). The van der Waals surface area contributed by atoms with Gasteiger partial charge in [0.2, 0.25) is 0 Å². The summed E-state index contributed by atoms with van der Waals surface area (Å²) in [4.78, 5) is 12.8. The number of nitrogens with one attached hydrogen (secondary N) is 2. The maximum Gasteiger partial charge on any atom is 0.272 e. The number of sulfonamides is 1. The molecule has 2 aromatic rings. The number of amides is 1. The zero-order valence-electron chi connectivity index (χ0n) is 12.5. The van der Waals surface area contributed by atoms with Gasteiger partial charge in [-0.1, -0.05) is 29.3 Å². The van der Waals surface area contributed by atoms with Crippen LogP contribution in [-0.4, -0.2) is 20.9 Å². The van der Waals surface area contributed by atoms with Crippen molar-refractivity contribution in [3.63, 3.8) is 0 Å². The van der Waals surface area contributed by atoms with E-state index in [0.29, 0.717) is 5.75 Å². The first-order chi connectivity index (χ1) is 11.3. The van der Waals surface area contributed by atoms with Gasteiger partial charge in [-0.05, 0) is 37.3 Å². The first kappa shape index (κ1) is 18.2. The van der Waals surface area contributed by atoms with Gasteiger partial charge in [0.05, 0.1) is 0 Å². The Morgan fingerprint density at radius 3 is 2.50 bits per heavy atom. The summed E-state index contributed by atoms with van der Waals surface area (Å²) in [6, 6.07) is 10.0. The molecule has 0 aliphatic carbocycles. The molecule has 0 atom stereocenters. The van der Waals surface area contributed by atoms with Crippen LogP contribution < -0.4 is 15.0 Å². The predicted octanol–water partition coefficient (Wildman–Crippen LogP) is 2.18. The number of aryl methyl sites for hydroxylation is 1. The van der Waals surface area contributed by atoms with Gasteiger partial charge < -0.3 is 4.74 Å². The highest BCUT2D eigenvalue weighted by molar-refractivity contribution is 7.89. The van der Waals surface area contributed by atoms with E-state index in [9.17, 15) is 17.6 Å². The van der Waals surface area contributed by atoms with Crippen LogP contribution in [0.5, 0.6) is 5.75 Å². The van der Waals surface area contributed by atoms with Crippen molar-refractivity contribution in [2.75, 3.05) is 6.61 Å². The lowest BCUT2D eigenvalue weighted by atomic mass is 10.2. The number of ether oxygens (including phenoxy) is 1. The van der Waals surface area contributed by atoms with Crippen molar-refractivity contribution < 1.29 is 22.3 Å². The number of carbonyl (C=O) groups excluding carboxylic acids is 1. The second kappa shape index (κ2) is 7.61. The molecule has 0 spiro atoms. The van der Waals surface area contributed by atoms with Crippen molar-refractivity contribution in [2.24, 2.45) is 0 Å². The summed E-state index contributed by atoms with van der Waals surface area (Å²) in [6.45, 7) is 1.50. The van der Waals surface area contributed by atoms with E-state index in [2.05, 4.69) is 0 Å².